The lowest BCUT2D eigenvalue weighted by Gasteiger charge is -2.19. The van der Waals surface area contributed by atoms with E-state index in [0.717, 1.165) is 0 Å². The summed E-state index contributed by atoms with van der Waals surface area (Å²) in [6.45, 7) is 2.25. The van der Waals surface area contributed by atoms with Crippen molar-refractivity contribution in [1.82, 2.24) is 9.97 Å². The number of likely N-dealkylation sites (N-methyl/N-ethyl adjacent to an activating group) is 1. The Bertz CT molecular complexity index is 277. The van der Waals surface area contributed by atoms with Gasteiger partial charge in [0.2, 0.25) is 0 Å². The molecule has 1 rings (SSSR count). The van der Waals surface area contributed by atoms with E-state index < -0.39 is 0 Å². The Labute approximate surface area is 77.2 Å². The van der Waals surface area contributed by atoms with E-state index in [1.165, 1.54) is 6.33 Å². The molecule has 0 aliphatic carbocycles. The number of aliphatic hydroxyl groups is 1. The van der Waals surface area contributed by atoms with Gasteiger partial charge in [0.15, 0.2) is 0 Å². The van der Waals surface area contributed by atoms with Crippen LogP contribution in [0.2, 0.25) is 0 Å². The predicted molar refractivity (Wildman–Crippen MR) is 51.4 cm³/mol. The topological polar surface area (TPSA) is 75.3 Å². The maximum atomic E-state index is 9.14. The van der Waals surface area contributed by atoms with Crippen LogP contribution in [0.4, 0.5) is 11.6 Å². The molecular formula is C8H14N4O. The van der Waals surface area contributed by atoms with Crippen LogP contribution in [0, 0.1) is 0 Å². The third-order valence-corrected chi connectivity index (χ3v) is 1.60. The third-order valence-electron chi connectivity index (χ3n) is 1.60. The number of aromatic nitrogens is 2. The van der Waals surface area contributed by atoms with Crippen LogP contribution in [0.1, 0.15) is 6.92 Å². The number of nitrogens with two attached hydrogens (primary N) is 1. The molecule has 1 atom stereocenters. The quantitative estimate of drug-likeness (QED) is 0.681. The molecule has 13 heavy (non-hydrogen) atoms. The van der Waals surface area contributed by atoms with E-state index in [1.54, 1.807) is 13.0 Å². The molecular weight excluding hydrogens is 168 g/mol. The second kappa shape index (κ2) is 4.04. The van der Waals surface area contributed by atoms with Crippen molar-refractivity contribution in [3.63, 3.8) is 0 Å². The summed E-state index contributed by atoms with van der Waals surface area (Å²) in [7, 11) is 1.84. The maximum Gasteiger partial charge on any atom is 0.133 e. The minimum Gasteiger partial charge on any atom is -0.392 e. The first-order chi connectivity index (χ1) is 6.09. The Balaban J connectivity index is 2.71. The summed E-state index contributed by atoms with van der Waals surface area (Å²) in [6, 6.07) is 1.67. The monoisotopic (exact) mass is 182 g/mol. The Hall–Kier alpha value is -1.36. The van der Waals surface area contributed by atoms with Crippen molar-refractivity contribution in [1.29, 1.82) is 0 Å². The van der Waals surface area contributed by atoms with Gasteiger partial charge in [-0.3, -0.25) is 0 Å². The molecule has 0 saturated heterocycles. The van der Waals surface area contributed by atoms with Crippen LogP contribution in [0.15, 0.2) is 12.4 Å². The molecule has 0 aliphatic heterocycles. The van der Waals surface area contributed by atoms with E-state index in [-0.39, 0.29) is 6.10 Å². The van der Waals surface area contributed by atoms with E-state index >= 15 is 0 Å². The molecule has 3 N–H and O–H groups in total. The molecule has 1 aromatic heterocycles. The van der Waals surface area contributed by atoms with Gasteiger partial charge in [-0.1, -0.05) is 0 Å². The lowest BCUT2D eigenvalue weighted by atomic mass is 10.3. The molecule has 0 amide bonds. The minimum atomic E-state index is -0.388. The molecule has 5 heteroatoms. The number of anilines is 2. The van der Waals surface area contributed by atoms with Crippen molar-refractivity contribution >= 4 is 11.6 Å². The summed E-state index contributed by atoms with van der Waals surface area (Å²) < 4.78 is 0. The molecule has 0 aromatic carbocycles. The molecule has 0 aliphatic rings. The van der Waals surface area contributed by atoms with Crippen molar-refractivity contribution in [3.8, 4) is 0 Å². The van der Waals surface area contributed by atoms with Gasteiger partial charge in [0.25, 0.3) is 0 Å². The van der Waals surface area contributed by atoms with E-state index in [4.69, 9.17) is 10.8 Å². The first-order valence-corrected chi connectivity index (χ1v) is 4.06. The molecule has 0 saturated carbocycles. The average Bonchev–Trinajstić information content (AvgIpc) is 2.03. The van der Waals surface area contributed by atoms with Crippen molar-refractivity contribution in [2.75, 3.05) is 24.2 Å². The zero-order valence-electron chi connectivity index (χ0n) is 7.81. The molecule has 0 bridgehead atoms. The number of nitrogens with zero attached hydrogens (tertiary/aromatic N) is 3. The van der Waals surface area contributed by atoms with Crippen LogP contribution >= 0.6 is 0 Å². The molecule has 0 fully saturated rings. The average molecular weight is 182 g/mol. The number of nitrogen functional groups attached to an aromatic ring is 1. The van der Waals surface area contributed by atoms with Crippen molar-refractivity contribution in [2.24, 2.45) is 0 Å². The SMILES string of the molecule is CC(O)CN(C)c1cc(N)ncn1. The van der Waals surface area contributed by atoms with E-state index in [2.05, 4.69) is 9.97 Å². The molecule has 1 aromatic rings. The second-order valence-corrected chi connectivity index (χ2v) is 3.03. The van der Waals surface area contributed by atoms with Crippen LogP contribution in [-0.4, -0.2) is 34.8 Å². The van der Waals surface area contributed by atoms with E-state index in [9.17, 15) is 0 Å². The Morgan fingerprint density at radius 2 is 2.31 bits per heavy atom. The van der Waals surface area contributed by atoms with Gasteiger partial charge < -0.3 is 15.7 Å². The highest BCUT2D eigenvalue weighted by Gasteiger charge is 2.05. The van der Waals surface area contributed by atoms with Crippen LogP contribution in [0.3, 0.4) is 0 Å². The molecule has 5 nitrogen and oxygen atoms in total. The number of hydrogen-bond donors (Lipinski definition) is 2. The maximum absolute atomic E-state index is 9.14. The van der Waals surface area contributed by atoms with Gasteiger partial charge >= 0.3 is 0 Å². The summed E-state index contributed by atoms with van der Waals surface area (Å²) in [5.41, 5.74) is 5.49. The molecule has 1 heterocycles. The summed E-state index contributed by atoms with van der Waals surface area (Å²) in [5, 5.41) is 9.14. The van der Waals surface area contributed by atoms with Crippen molar-refractivity contribution in [2.45, 2.75) is 13.0 Å². The predicted octanol–water partition coefficient (Wildman–Crippen LogP) is -0.124. The van der Waals surface area contributed by atoms with Crippen LogP contribution in [0.25, 0.3) is 0 Å². The van der Waals surface area contributed by atoms with Gasteiger partial charge in [-0.15, -0.1) is 0 Å². The highest BCUT2D eigenvalue weighted by molar-refractivity contribution is 5.45. The minimum absolute atomic E-state index is 0.388. The van der Waals surface area contributed by atoms with Crippen LogP contribution in [-0.2, 0) is 0 Å². The standard InChI is InChI=1S/C8H14N4O/c1-6(13)4-12(2)8-3-7(9)10-5-11-8/h3,5-6,13H,4H2,1-2H3,(H2,9,10,11). The summed E-state index contributed by atoms with van der Waals surface area (Å²) in [4.78, 5) is 9.62. The van der Waals surface area contributed by atoms with Crippen molar-refractivity contribution in [3.05, 3.63) is 12.4 Å². The lowest BCUT2D eigenvalue weighted by molar-refractivity contribution is 0.201. The van der Waals surface area contributed by atoms with Gasteiger partial charge in [0.05, 0.1) is 6.10 Å². The smallest absolute Gasteiger partial charge is 0.133 e. The van der Waals surface area contributed by atoms with Gasteiger partial charge in [-0.25, -0.2) is 9.97 Å². The zero-order chi connectivity index (χ0) is 9.84. The highest BCUT2D eigenvalue weighted by atomic mass is 16.3. The van der Waals surface area contributed by atoms with E-state index in [1.807, 2.05) is 11.9 Å². The summed E-state index contributed by atoms with van der Waals surface area (Å²) in [5.74, 6) is 1.15. The Morgan fingerprint density at radius 1 is 1.62 bits per heavy atom. The fourth-order valence-corrected chi connectivity index (χ4v) is 1.06. The molecule has 0 spiro atoms. The lowest BCUT2D eigenvalue weighted by Crippen LogP contribution is -2.27. The van der Waals surface area contributed by atoms with Gasteiger partial charge in [-0.05, 0) is 6.92 Å². The summed E-state index contributed by atoms with van der Waals surface area (Å²) >= 11 is 0. The summed E-state index contributed by atoms with van der Waals surface area (Å²) in [6.07, 6.45) is 1.02. The molecule has 72 valence electrons. The van der Waals surface area contributed by atoms with Crippen LogP contribution in [0.5, 0.6) is 0 Å². The first kappa shape index (κ1) is 9.73. The molecule has 0 radical (unpaired) electrons. The van der Waals surface area contributed by atoms with Gasteiger partial charge in [-0.2, -0.15) is 0 Å². The van der Waals surface area contributed by atoms with Gasteiger partial charge in [0.1, 0.15) is 18.0 Å². The van der Waals surface area contributed by atoms with Crippen LogP contribution < -0.4 is 10.6 Å². The normalized spacial score (nSPS) is 12.5. The largest absolute Gasteiger partial charge is 0.392 e. The fraction of sp³-hybridized carbons (Fsp3) is 0.500. The third kappa shape index (κ3) is 2.87. The van der Waals surface area contributed by atoms with Crippen molar-refractivity contribution < 1.29 is 5.11 Å². The number of rotatable bonds is 3. The second-order valence-electron chi connectivity index (χ2n) is 3.03. The number of hydrogen-bond acceptors (Lipinski definition) is 5. The number of aliphatic hydroxyl groups excluding tert-OH is 1. The molecule has 1 unspecified atom stereocenters. The first-order valence-electron chi connectivity index (χ1n) is 4.06. The fourth-order valence-electron chi connectivity index (χ4n) is 1.06. The zero-order valence-corrected chi connectivity index (χ0v) is 7.81. The van der Waals surface area contributed by atoms with Gasteiger partial charge in [0, 0.05) is 19.7 Å². The van der Waals surface area contributed by atoms with E-state index in [0.29, 0.717) is 18.2 Å². The Morgan fingerprint density at radius 3 is 2.85 bits per heavy atom. The highest BCUT2D eigenvalue weighted by Crippen LogP contribution is 2.09. The Kier molecular flexibility index (Phi) is 3.02.